The number of nitrogens with one attached hydrogen (secondary N) is 4. The lowest BCUT2D eigenvalue weighted by molar-refractivity contribution is -0.130. The molecule has 0 heterocycles. The highest BCUT2D eigenvalue weighted by Crippen LogP contribution is 2.26. The molecule has 2 aliphatic carbocycles. The van der Waals surface area contributed by atoms with Crippen molar-refractivity contribution in [2.45, 2.75) is 214 Å². The summed E-state index contributed by atoms with van der Waals surface area (Å²) in [4.78, 5) is 46.7. The Morgan fingerprint density at radius 2 is 0.745 bits per heavy atom. The van der Waals surface area contributed by atoms with Crippen molar-refractivity contribution in [3.05, 3.63) is 0 Å². The van der Waals surface area contributed by atoms with Gasteiger partial charge in [0.25, 0.3) is 0 Å². The monoisotopic (exact) mass is 779 g/mol. The molecule has 0 spiro atoms. The van der Waals surface area contributed by atoms with Crippen LogP contribution in [0.5, 0.6) is 0 Å². The maximum atomic E-state index is 11.8. The number of carbonyl (C=O) groups is 4. The summed E-state index contributed by atoms with van der Waals surface area (Å²) in [6, 6.07) is 0. The maximum absolute atomic E-state index is 11.8. The number of unbranched alkanes of at least 4 members (excludes halogenated alkanes) is 2. The smallest absolute Gasteiger partial charge is 0.225 e. The van der Waals surface area contributed by atoms with E-state index in [1.54, 1.807) is 0 Å². The molecule has 2 rings (SSSR count). The van der Waals surface area contributed by atoms with Crippen LogP contribution in [0.4, 0.5) is 0 Å². The predicted molar refractivity (Wildman–Crippen MR) is 236 cm³/mol. The zero-order chi connectivity index (χ0) is 42.9. The predicted octanol–water partition coefficient (Wildman–Crippen LogP) is 11.2. The molecule has 0 aromatic carbocycles. The third kappa shape index (κ3) is 25.7. The largest absolute Gasteiger partial charge is 0.356 e. The lowest BCUT2D eigenvalue weighted by Crippen LogP contribution is -2.40. The zero-order valence-corrected chi connectivity index (χ0v) is 39.4. The first-order valence-electron chi connectivity index (χ1n) is 22.5. The van der Waals surface area contributed by atoms with Gasteiger partial charge in [-0.3, -0.25) is 19.2 Å². The van der Waals surface area contributed by atoms with Gasteiger partial charge in [-0.25, -0.2) is 0 Å². The summed E-state index contributed by atoms with van der Waals surface area (Å²) >= 11 is 0. The molecule has 8 heteroatoms. The van der Waals surface area contributed by atoms with Crippen molar-refractivity contribution >= 4 is 23.6 Å². The van der Waals surface area contributed by atoms with Gasteiger partial charge >= 0.3 is 0 Å². The molecule has 2 aliphatic rings. The Morgan fingerprint density at radius 3 is 1.05 bits per heavy atom. The van der Waals surface area contributed by atoms with Crippen LogP contribution in [-0.4, -0.2) is 49.8 Å². The van der Waals surface area contributed by atoms with E-state index in [9.17, 15) is 19.2 Å². The third-order valence-corrected chi connectivity index (χ3v) is 12.1. The molecule has 55 heavy (non-hydrogen) atoms. The molecular formula is C47H94N4O4. The van der Waals surface area contributed by atoms with Crippen molar-refractivity contribution in [2.75, 3.05) is 26.2 Å². The van der Waals surface area contributed by atoms with Gasteiger partial charge in [0.05, 0.1) is 0 Å². The fourth-order valence-electron chi connectivity index (χ4n) is 5.60. The summed E-state index contributed by atoms with van der Waals surface area (Å²) in [5.74, 6) is 2.25. The van der Waals surface area contributed by atoms with Crippen molar-refractivity contribution in [3.63, 3.8) is 0 Å². The summed E-state index contributed by atoms with van der Waals surface area (Å²) in [5, 5.41) is 12.1. The maximum Gasteiger partial charge on any atom is 0.225 e. The molecule has 0 aliphatic heterocycles. The fourth-order valence-corrected chi connectivity index (χ4v) is 5.60. The molecule has 0 aromatic heterocycles. The van der Waals surface area contributed by atoms with E-state index in [4.69, 9.17) is 0 Å². The van der Waals surface area contributed by atoms with Crippen molar-refractivity contribution in [1.29, 1.82) is 0 Å². The van der Waals surface area contributed by atoms with Crippen LogP contribution in [0.25, 0.3) is 0 Å². The lowest BCUT2D eigenvalue weighted by atomic mass is 9.87. The van der Waals surface area contributed by atoms with Gasteiger partial charge in [-0.15, -0.1) is 0 Å². The Labute approximate surface area is 341 Å². The van der Waals surface area contributed by atoms with E-state index in [-0.39, 0.29) is 50.7 Å². The van der Waals surface area contributed by atoms with E-state index >= 15 is 0 Å². The SMILES string of the molecule is CCC(C)(C)C(=O)NCC(C)(C)C.CCC(C)(C)C(=O)NCC1CCCC1.CCC(C)(C)C(=O)NCC1CCCCC1.CCCCCNC(=O)C(C)(C)CC. The standard InChI is InChI=1S/C13H25NO.C12H23NO.2C11H23NO/c1-4-13(2,3)12(15)14-10-11-8-6-5-7-9-11;1-4-12(2,3)11(14)13-9-10-7-5-6-8-10;1-7-11(5,6)9(13)12-8-10(2,3)4;1-5-7-8-9-12-10(13)11(3,4)6-2/h11H,4-10H2,1-3H3,(H,14,15);10H,4-9H2,1-3H3,(H,13,14);7-8H2,1-6H3,(H,12,13);5-9H2,1-4H3,(H,12,13). The Balaban J connectivity index is 0. The van der Waals surface area contributed by atoms with E-state index in [1.165, 1.54) is 70.6 Å². The molecule has 4 N–H and O–H groups in total. The molecule has 0 atom stereocenters. The summed E-state index contributed by atoms with van der Waals surface area (Å²) in [6.45, 7) is 36.1. The summed E-state index contributed by atoms with van der Waals surface area (Å²) in [7, 11) is 0. The van der Waals surface area contributed by atoms with Crippen LogP contribution >= 0.6 is 0 Å². The molecule has 0 radical (unpaired) electrons. The number of hydrogen-bond acceptors (Lipinski definition) is 4. The van der Waals surface area contributed by atoms with Crippen LogP contribution in [0.1, 0.15) is 214 Å². The summed E-state index contributed by atoms with van der Waals surface area (Å²) < 4.78 is 0. The molecule has 0 unspecified atom stereocenters. The van der Waals surface area contributed by atoms with E-state index < -0.39 is 0 Å². The van der Waals surface area contributed by atoms with Crippen molar-refractivity contribution < 1.29 is 19.2 Å². The number of rotatable bonds is 17. The molecule has 2 saturated carbocycles. The van der Waals surface area contributed by atoms with E-state index in [1.807, 2.05) is 69.2 Å². The van der Waals surface area contributed by atoms with Gasteiger partial charge in [0.2, 0.25) is 23.6 Å². The van der Waals surface area contributed by atoms with Gasteiger partial charge in [0.15, 0.2) is 0 Å². The van der Waals surface area contributed by atoms with Gasteiger partial charge in [-0.1, -0.05) is 156 Å². The van der Waals surface area contributed by atoms with Crippen LogP contribution < -0.4 is 21.3 Å². The van der Waals surface area contributed by atoms with E-state index in [0.717, 1.165) is 70.1 Å². The molecule has 0 saturated heterocycles. The van der Waals surface area contributed by atoms with Gasteiger partial charge in [-0.05, 0) is 75.0 Å². The van der Waals surface area contributed by atoms with Crippen molar-refractivity contribution in [3.8, 4) is 0 Å². The third-order valence-electron chi connectivity index (χ3n) is 12.1. The van der Waals surface area contributed by atoms with Crippen LogP contribution in [0.15, 0.2) is 0 Å². The van der Waals surface area contributed by atoms with Gasteiger partial charge in [-0.2, -0.15) is 0 Å². The van der Waals surface area contributed by atoms with E-state index in [2.05, 4.69) is 62.8 Å². The van der Waals surface area contributed by atoms with Gasteiger partial charge in [0.1, 0.15) is 0 Å². The molecule has 2 fully saturated rings. The molecule has 0 bridgehead atoms. The Hall–Kier alpha value is -2.12. The van der Waals surface area contributed by atoms with Crippen LogP contribution in [0, 0.1) is 38.9 Å². The topological polar surface area (TPSA) is 116 Å². The van der Waals surface area contributed by atoms with Crippen LogP contribution in [0.3, 0.4) is 0 Å². The minimum Gasteiger partial charge on any atom is -0.356 e. The fraction of sp³-hybridized carbons (Fsp3) is 0.915. The number of amides is 4. The quantitative estimate of drug-likeness (QED) is 0.110. The molecule has 8 nitrogen and oxygen atoms in total. The highest BCUT2D eigenvalue weighted by atomic mass is 16.2. The Bertz CT molecular complexity index is 1060. The summed E-state index contributed by atoms with van der Waals surface area (Å²) in [6.07, 6.45) is 19.0. The highest BCUT2D eigenvalue weighted by molar-refractivity contribution is 5.83. The molecule has 326 valence electrons. The second-order valence-electron chi connectivity index (χ2n) is 20.2. The second kappa shape index (κ2) is 27.5. The Morgan fingerprint density at radius 1 is 0.436 bits per heavy atom. The van der Waals surface area contributed by atoms with Crippen molar-refractivity contribution in [2.24, 2.45) is 38.9 Å². The minimum absolute atomic E-state index is 0.157. The van der Waals surface area contributed by atoms with Crippen LogP contribution in [-0.2, 0) is 19.2 Å². The van der Waals surface area contributed by atoms with Crippen LogP contribution in [0.2, 0.25) is 0 Å². The first kappa shape index (κ1) is 55.0. The van der Waals surface area contributed by atoms with Gasteiger partial charge < -0.3 is 21.3 Å². The normalized spacial score (nSPS) is 15.6. The van der Waals surface area contributed by atoms with Crippen molar-refractivity contribution in [1.82, 2.24) is 21.3 Å². The summed E-state index contributed by atoms with van der Waals surface area (Å²) in [5.41, 5.74) is -0.662. The number of hydrogen-bond donors (Lipinski definition) is 4. The Kier molecular flexibility index (Phi) is 27.5. The molecule has 4 amide bonds. The second-order valence-corrected chi connectivity index (χ2v) is 20.2. The average molecular weight is 779 g/mol. The zero-order valence-electron chi connectivity index (χ0n) is 39.4. The minimum atomic E-state index is -0.231. The molecular weight excluding hydrogens is 685 g/mol. The first-order valence-corrected chi connectivity index (χ1v) is 22.5. The lowest BCUT2D eigenvalue weighted by Gasteiger charge is -2.26. The molecule has 0 aromatic rings. The number of carbonyl (C=O) groups excluding carboxylic acids is 4. The van der Waals surface area contributed by atoms with E-state index in [0.29, 0.717) is 0 Å². The average Bonchev–Trinajstić information content (AvgIpc) is 3.68. The highest BCUT2D eigenvalue weighted by Gasteiger charge is 2.28. The first-order chi connectivity index (χ1) is 25.3. The van der Waals surface area contributed by atoms with Gasteiger partial charge in [0, 0.05) is 47.8 Å².